The second-order valence-electron chi connectivity index (χ2n) is 7.76. The Morgan fingerprint density at radius 1 is 0.846 bits per heavy atom. The Balaban J connectivity index is 2.55. The molecule has 0 saturated heterocycles. The van der Waals surface area contributed by atoms with Gasteiger partial charge >= 0.3 is 0 Å². The van der Waals surface area contributed by atoms with E-state index in [9.17, 15) is 12.6 Å². The van der Waals surface area contributed by atoms with Crippen molar-refractivity contribution >= 4 is 20.8 Å². The van der Waals surface area contributed by atoms with Gasteiger partial charge in [0.15, 0.2) is 9.84 Å². The molecule has 26 heavy (non-hydrogen) atoms. The summed E-state index contributed by atoms with van der Waals surface area (Å²) in [7, 11) is -5.09. The molecule has 0 fully saturated rings. The minimum Gasteiger partial charge on any atom is -0.242 e. The van der Waals surface area contributed by atoms with Gasteiger partial charge in [0.05, 0.1) is 31.4 Å². The van der Waals surface area contributed by atoms with Crippen LogP contribution in [0, 0.1) is 0 Å². The summed E-state index contributed by atoms with van der Waals surface area (Å²) < 4.78 is 40.8. The maximum Gasteiger partial charge on any atom is 0.185 e. The van der Waals surface area contributed by atoms with Crippen LogP contribution in [0.15, 0.2) is 65.6 Å². The van der Waals surface area contributed by atoms with Crippen molar-refractivity contribution in [3.63, 3.8) is 0 Å². The molecule has 0 aromatic heterocycles. The van der Waals surface area contributed by atoms with Crippen molar-refractivity contribution in [3.05, 3.63) is 66.2 Å². The van der Waals surface area contributed by atoms with E-state index < -0.39 is 36.4 Å². The summed E-state index contributed by atoms with van der Waals surface area (Å²) in [5, 5.41) is 0. The van der Waals surface area contributed by atoms with Crippen molar-refractivity contribution < 1.29 is 12.6 Å². The zero-order valence-corrected chi connectivity index (χ0v) is 17.5. The Bertz CT molecular complexity index is 855. The average molecular weight is 394 g/mol. The van der Waals surface area contributed by atoms with Crippen molar-refractivity contribution in [1.29, 1.82) is 0 Å². The van der Waals surface area contributed by atoms with Crippen LogP contribution in [0.25, 0.3) is 0 Å². The van der Waals surface area contributed by atoms with Crippen molar-refractivity contribution in [1.82, 2.24) is 4.72 Å². The molecule has 0 bridgehead atoms. The maximum atomic E-state index is 13.4. The lowest BCUT2D eigenvalue weighted by Crippen LogP contribution is -2.48. The van der Waals surface area contributed by atoms with E-state index >= 15 is 0 Å². The number of sulfone groups is 1. The monoisotopic (exact) mass is 393 g/mol. The first-order valence-electron chi connectivity index (χ1n) is 8.50. The lowest BCUT2D eigenvalue weighted by molar-refractivity contribution is 0.466. The van der Waals surface area contributed by atoms with Gasteiger partial charge in [0, 0.05) is 0 Å². The van der Waals surface area contributed by atoms with Crippen molar-refractivity contribution in [2.75, 3.05) is 0 Å². The largest absolute Gasteiger partial charge is 0.242 e. The number of nitrogens with one attached hydrogen (secondary N) is 1. The first-order chi connectivity index (χ1) is 12.0. The molecule has 0 radical (unpaired) electrons. The molecule has 0 heterocycles. The first-order valence-corrected chi connectivity index (χ1v) is 11.1. The van der Waals surface area contributed by atoms with E-state index in [1.54, 1.807) is 44.2 Å². The van der Waals surface area contributed by atoms with E-state index in [1.807, 2.05) is 51.1 Å². The fraction of sp³-hybridized carbons (Fsp3) is 0.400. The van der Waals surface area contributed by atoms with Gasteiger partial charge in [-0.3, -0.25) is 0 Å². The van der Waals surface area contributed by atoms with Crippen LogP contribution in [0.5, 0.6) is 0 Å². The highest BCUT2D eigenvalue weighted by atomic mass is 32.2. The summed E-state index contributed by atoms with van der Waals surface area (Å²) in [6.07, 6.45) is 0. The van der Waals surface area contributed by atoms with Crippen LogP contribution in [0.2, 0.25) is 0 Å². The molecule has 0 saturated carbocycles. The molecule has 2 aromatic carbocycles. The molecule has 0 spiro atoms. The second kappa shape index (κ2) is 7.62. The van der Waals surface area contributed by atoms with Crippen LogP contribution in [-0.4, -0.2) is 22.1 Å². The number of rotatable bonds is 6. The van der Waals surface area contributed by atoms with E-state index in [0.29, 0.717) is 0 Å². The van der Waals surface area contributed by atoms with Gasteiger partial charge in [0.25, 0.3) is 0 Å². The van der Waals surface area contributed by atoms with Crippen LogP contribution < -0.4 is 4.72 Å². The van der Waals surface area contributed by atoms with Crippen LogP contribution in [0.3, 0.4) is 0 Å². The summed E-state index contributed by atoms with van der Waals surface area (Å²) in [5.74, 6) is 0. The first kappa shape index (κ1) is 20.8. The van der Waals surface area contributed by atoms with Crippen molar-refractivity contribution in [2.45, 2.75) is 55.1 Å². The molecule has 0 aliphatic rings. The molecule has 4 nitrogen and oxygen atoms in total. The Labute approximate surface area is 159 Å². The predicted octanol–water partition coefficient (Wildman–Crippen LogP) is 4.03. The Morgan fingerprint density at radius 2 is 1.31 bits per heavy atom. The van der Waals surface area contributed by atoms with Crippen LogP contribution in [0.1, 0.15) is 46.2 Å². The van der Waals surface area contributed by atoms with Crippen molar-refractivity contribution in [2.24, 2.45) is 0 Å². The van der Waals surface area contributed by atoms with Gasteiger partial charge in [-0.25, -0.2) is 17.3 Å². The van der Waals surface area contributed by atoms with Gasteiger partial charge in [0.1, 0.15) is 0 Å². The molecule has 1 N–H and O–H groups in total. The third-order valence-corrected chi connectivity index (χ3v) is 8.43. The highest BCUT2D eigenvalue weighted by Gasteiger charge is 2.45. The molecular formula is C20H27NO3S2. The molecule has 0 amide bonds. The minimum atomic E-state index is -3.67. The standard InChI is InChI=1S/C20H27NO3S2/c1-19(2,3)25(22)21-18(16-12-8-6-9-13-16)20(4,5)26(23,24)17-14-10-7-11-15-17/h6-15,18,21H,1-5H3/t18-,25+/m1/s1. The predicted molar refractivity (Wildman–Crippen MR) is 108 cm³/mol. The lowest BCUT2D eigenvalue weighted by Gasteiger charge is -2.36. The summed E-state index contributed by atoms with van der Waals surface area (Å²) in [6, 6.07) is 17.1. The summed E-state index contributed by atoms with van der Waals surface area (Å²) in [4.78, 5) is 0.259. The summed E-state index contributed by atoms with van der Waals surface area (Å²) in [5.41, 5.74) is 0.787. The maximum absolute atomic E-state index is 13.4. The highest BCUT2D eigenvalue weighted by molar-refractivity contribution is 7.93. The number of hydrogen-bond acceptors (Lipinski definition) is 3. The van der Waals surface area contributed by atoms with Crippen LogP contribution in [0.4, 0.5) is 0 Å². The normalized spacial score (nSPS) is 15.4. The SMILES string of the molecule is CC(C)(C)[S@](=O)N[C@H](c1ccccc1)C(C)(C)S(=O)(=O)c1ccccc1. The Hall–Kier alpha value is -1.50. The molecule has 142 valence electrons. The highest BCUT2D eigenvalue weighted by Crippen LogP contribution is 2.37. The summed E-state index contributed by atoms with van der Waals surface area (Å²) in [6.45, 7) is 8.93. The third-order valence-electron chi connectivity index (χ3n) is 4.36. The third kappa shape index (κ3) is 4.24. The fourth-order valence-corrected chi connectivity index (χ4v) is 5.30. The Morgan fingerprint density at radius 3 is 1.77 bits per heavy atom. The zero-order valence-electron chi connectivity index (χ0n) is 15.9. The van der Waals surface area contributed by atoms with Gasteiger partial charge < -0.3 is 0 Å². The molecule has 0 aliphatic carbocycles. The zero-order chi connectivity index (χ0) is 19.6. The van der Waals surface area contributed by atoms with Crippen LogP contribution >= 0.6 is 0 Å². The van der Waals surface area contributed by atoms with E-state index in [4.69, 9.17) is 0 Å². The molecule has 2 atom stereocenters. The van der Waals surface area contributed by atoms with Gasteiger partial charge in [-0.15, -0.1) is 0 Å². The lowest BCUT2D eigenvalue weighted by atomic mass is 9.96. The van der Waals surface area contributed by atoms with Crippen LogP contribution in [-0.2, 0) is 20.8 Å². The quantitative estimate of drug-likeness (QED) is 0.806. The smallest absolute Gasteiger partial charge is 0.185 e. The molecule has 0 unspecified atom stereocenters. The van der Waals surface area contributed by atoms with Gasteiger partial charge in [-0.1, -0.05) is 48.5 Å². The molecule has 6 heteroatoms. The molecular weight excluding hydrogens is 366 g/mol. The topological polar surface area (TPSA) is 63.2 Å². The van der Waals surface area contributed by atoms with Gasteiger partial charge in [-0.05, 0) is 52.3 Å². The van der Waals surface area contributed by atoms with Crippen molar-refractivity contribution in [3.8, 4) is 0 Å². The van der Waals surface area contributed by atoms with E-state index in [0.717, 1.165) is 5.56 Å². The van der Waals surface area contributed by atoms with E-state index in [1.165, 1.54) is 0 Å². The summed E-state index contributed by atoms with van der Waals surface area (Å²) >= 11 is 0. The minimum absolute atomic E-state index is 0.259. The fourth-order valence-electron chi connectivity index (χ4n) is 2.60. The Kier molecular flexibility index (Phi) is 6.10. The van der Waals surface area contributed by atoms with Gasteiger partial charge in [0.2, 0.25) is 0 Å². The van der Waals surface area contributed by atoms with E-state index in [2.05, 4.69) is 4.72 Å². The average Bonchev–Trinajstić information content (AvgIpc) is 2.59. The molecule has 2 aromatic rings. The molecule has 2 rings (SSSR count). The van der Waals surface area contributed by atoms with Gasteiger partial charge in [-0.2, -0.15) is 0 Å². The molecule has 0 aliphatic heterocycles. The number of benzene rings is 2. The van der Waals surface area contributed by atoms with E-state index in [-0.39, 0.29) is 4.90 Å². The number of hydrogen-bond donors (Lipinski definition) is 1. The second-order valence-corrected chi connectivity index (χ2v) is 12.3.